The van der Waals surface area contributed by atoms with Crippen LogP contribution in [0.1, 0.15) is 17.7 Å². The van der Waals surface area contributed by atoms with E-state index in [1.165, 1.54) is 4.31 Å². The molecule has 2 aliphatic rings. The van der Waals surface area contributed by atoms with E-state index in [1.807, 2.05) is 17.5 Å². The highest BCUT2D eigenvalue weighted by Gasteiger charge is 2.41. The maximum Gasteiger partial charge on any atom is 0.246 e. The molecule has 1 aromatic heterocycles. The van der Waals surface area contributed by atoms with Gasteiger partial charge in [-0.3, -0.25) is 4.79 Å². The molecular formula is C14H18N2O3S2. The number of thiophene rings is 1. The molecule has 1 amide bonds. The van der Waals surface area contributed by atoms with Gasteiger partial charge in [-0.15, -0.1) is 11.3 Å². The molecule has 0 N–H and O–H groups in total. The van der Waals surface area contributed by atoms with Crippen molar-refractivity contribution >= 4 is 33.3 Å². The van der Waals surface area contributed by atoms with Crippen LogP contribution in [-0.2, 0) is 14.8 Å². The average molecular weight is 326 g/mol. The van der Waals surface area contributed by atoms with E-state index in [4.69, 9.17) is 0 Å². The van der Waals surface area contributed by atoms with Gasteiger partial charge in [0.25, 0.3) is 0 Å². The summed E-state index contributed by atoms with van der Waals surface area (Å²) in [6, 6.07) is 3.89. The number of hydrogen-bond acceptors (Lipinski definition) is 4. The fourth-order valence-corrected chi connectivity index (χ4v) is 4.83. The second-order valence-corrected chi connectivity index (χ2v) is 8.51. The van der Waals surface area contributed by atoms with Gasteiger partial charge in [-0.05, 0) is 30.4 Å². The second-order valence-electron chi connectivity index (χ2n) is 5.32. The minimum Gasteiger partial charge on any atom is -0.337 e. The van der Waals surface area contributed by atoms with Gasteiger partial charge in [-0.25, -0.2) is 8.42 Å². The first kappa shape index (κ1) is 14.7. The van der Waals surface area contributed by atoms with Crippen molar-refractivity contribution in [3.8, 4) is 0 Å². The Hall–Kier alpha value is -1.18. The second kappa shape index (κ2) is 5.90. The molecular weight excluding hydrogens is 308 g/mol. The molecule has 1 saturated carbocycles. The summed E-state index contributed by atoms with van der Waals surface area (Å²) in [7, 11) is -3.11. The first-order valence-electron chi connectivity index (χ1n) is 7.07. The number of carbonyl (C=O) groups excluding carboxylic acids is 1. The Morgan fingerprint density at radius 3 is 2.52 bits per heavy atom. The van der Waals surface area contributed by atoms with Crippen molar-refractivity contribution in [1.29, 1.82) is 0 Å². The van der Waals surface area contributed by atoms with Crippen LogP contribution in [0.3, 0.4) is 0 Å². The van der Waals surface area contributed by atoms with E-state index in [0.717, 1.165) is 17.7 Å². The fourth-order valence-electron chi connectivity index (χ4n) is 2.38. The lowest BCUT2D eigenvalue weighted by Gasteiger charge is -2.33. The monoisotopic (exact) mass is 326 g/mol. The fraction of sp³-hybridized carbons (Fsp3) is 0.500. The van der Waals surface area contributed by atoms with Gasteiger partial charge in [0, 0.05) is 37.1 Å². The van der Waals surface area contributed by atoms with Gasteiger partial charge >= 0.3 is 0 Å². The van der Waals surface area contributed by atoms with E-state index in [0.29, 0.717) is 26.2 Å². The SMILES string of the molecule is O=C(/C=C/c1cccs1)N1CCN(S(=O)(=O)C2CC2)CC1. The van der Waals surface area contributed by atoms with Gasteiger partial charge in [-0.1, -0.05) is 6.07 Å². The molecule has 5 nitrogen and oxygen atoms in total. The third-order valence-electron chi connectivity index (χ3n) is 3.79. The molecule has 21 heavy (non-hydrogen) atoms. The third-order valence-corrected chi connectivity index (χ3v) is 7.03. The molecule has 1 aromatic rings. The highest BCUT2D eigenvalue weighted by Crippen LogP contribution is 2.31. The van der Waals surface area contributed by atoms with Crippen molar-refractivity contribution in [3.63, 3.8) is 0 Å². The average Bonchev–Trinajstić information content (AvgIpc) is 3.23. The van der Waals surface area contributed by atoms with Crippen LogP contribution in [0.15, 0.2) is 23.6 Å². The smallest absolute Gasteiger partial charge is 0.246 e. The zero-order chi connectivity index (χ0) is 14.9. The molecule has 1 aliphatic heterocycles. The lowest BCUT2D eigenvalue weighted by molar-refractivity contribution is -0.127. The van der Waals surface area contributed by atoms with Crippen LogP contribution in [-0.4, -0.2) is 55.0 Å². The van der Waals surface area contributed by atoms with Crippen LogP contribution in [0.4, 0.5) is 0 Å². The zero-order valence-corrected chi connectivity index (χ0v) is 13.3. The predicted molar refractivity (Wildman–Crippen MR) is 83.4 cm³/mol. The summed E-state index contributed by atoms with van der Waals surface area (Å²) in [6.45, 7) is 1.77. The first-order chi connectivity index (χ1) is 10.1. The van der Waals surface area contributed by atoms with E-state index < -0.39 is 10.0 Å². The van der Waals surface area contributed by atoms with Crippen LogP contribution in [0.5, 0.6) is 0 Å². The van der Waals surface area contributed by atoms with Gasteiger partial charge in [0.2, 0.25) is 15.9 Å². The predicted octanol–water partition coefficient (Wildman–Crippen LogP) is 1.40. The topological polar surface area (TPSA) is 57.7 Å². The first-order valence-corrected chi connectivity index (χ1v) is 9.45. The molecule has 0 aromatic carbocycles. The Balaban J connectivity index is 1.54. The number of sulfonamides is 1. The molecule has 2 heterocycles. The highest BCUT2D eigenvalue weighted by molar-refractivity contribution is 7.90. The van der Waals surface area contributed by atoms with Gasteiger partial charge in [0.1, 0.15) is 0 Å². The van der Waals surface area contributed by atoms with Gasteiger partial charge in [0.05, 0.1) is 5.25 Å². The quantitative estimate of drug-likeness (QED) is 0.786. The van der Waals surface area contributed by atoms with Gasteiger partial charge in [0.15, 0.2) is 0 Å². The van der Waals surface area contributed by atoms with Crippen LogP contribution in [0.25, 0.3) is 6.08 Å². The van der Waals surface area contributed by atoms with Crippen molar-refractivity contribution in [2.24, 2.45) is 0 Å². The van der Waals surface area contributed by atoms with E-state index >= 15 is 0 Å². The molecule has 1 saturated heterocycles. The van der Waals surface area contributed by atoms with Crippen molar-refractivity contribution in [2.75, 3.05) is 26.2 Å². The summed E-state index contributed by atoms with van der Waals surface area (Å²) in [5, 5.41) is 1.80. The van der Waals surface area contributed by atoms with Crippen molar-refractivity contribution in [1.82, 2.24) is 9.21 Å². The van der Waals surface area contributed by atoms with Crippen LogP contribution >= 0.6 is 11.3 Å². The molecule has 7 heteroatoms. The number of nitrogens with zero attached hydrogens (tertiary/aromatic N) is 2. The van der Waals surface area contributed by atoms with E-state index in [9.17, 15) is 13.2 Å². The Bertz CT molecular complexity index is 625. The Morgan fingerprint density at radius 1 is 1.24 bits per heavy atom. The van der Waals surface area contributed by atoms with Crippen molar-refractivity contribution in [2.45, 2.75) is 18.1 Å². The van der Waals surface area contributed by atoms with Gasteiger partial charge < -0.3 is 4.90 Å². The normalized spacial score (nSPS) is 21.0. The number of carbonyl (C=O) groups is 1. The molecule has 0 radical (unpaired) electrons. The third kappa shape index (κ3) is 3.36. The molecule has 0 bridgehead atoms. The molecule has 2 fully saturated rings. The van der Waals surface area contributed by atoms with E-state index in [2.05, 4.69) is 0 Å². The molecule has 0 spiro atoms. The maximum absolute atomic E-state index is 12.1. The Morgan fingerprint density at radius 2 is 1.95 bits per heavy atom. The Kier molecular flexibility index (Phi) is 4.14. The van der Waals surface area contributed by atoms with Crippen molar-refractivity contribution in [3.05, 3.63) is 28.5 Å². The van der Waals surface area contributed by atoms with E-state index in [-0.39, 0.29) is 11.2 Å². The zero-order valence-electron chi connectivity index (χ0n) is 11.6. The lowest BCUT2D eigenvalue weighted by Crippen LogP contribution is -2.50. The van der Waals surface area contributed by atoms with Crippen molar-refractivity contribution < 1.29 is 13.2 Å². The highest BCUT2D eigenvalue weighted by atomic mass is 32.2. The lowest BCUT2D eigenvalue weighted by atomic mass is 10.3. The molecule has 3 rings (SSSR count). The molecule has 1 aliphatic carbocycles. The van der Waals surface area contributed by atoms with Gasteiger partial charge in [-0.2, -0.15) is 4.31 Å². The standard InChI is InChI=1S/C14H18N2O3S2/c17-14(6-3-12-2-1-11-20-12)15-7-9-16(10-8-15)21(18,19)13-4-5-13/h1-3,6,11,13H,4-5,7-10H2/b6-3+. The molecule has 0 atom stereocenters. The molecule has 0 unspecified atom stereocenters. The largest absolute Gasteiger partial charge is 0.337 e. The summed E-state index contributed by atoms with van der Waals surface area (Å²) in [5.41, 5.74) is 0. The summed E-state index contributed by atoms with van der Waals surface area (Å²) in [6.07, 6.45) is 4.94. The summed E-state index contributed by atoms with van der Waals surface area (Å²) in [5.74, 6) is -0.0492. The minimum absolute atomic E-state index is 0.0492. The maximum atomic E-state index is 12.1. The number of piperazine rings is 1. The van der Waals surface area contributed by atoms with E-state index in [1.54, 1.807) is 28.4 Å². The summed E-state index contributed by atoms with van der Waals surface area (Å²) in [4.78, 5) is 14.8. The number of rotatable bonds is 4. The van der Waals surface area contributed by atoms with Crippen LogP contribution in [0.2, 0.25) is 0 Å². The number of hydrogen-bond donors (Lipinski definition) is 0. The summed E-state index contributed by atoms with van der Waals surface area (Å²) < 4.78 is 25.8. The molecule has 114 valence electrons. The minimum atomic E-state index is -3.11. The summed E-state index contributed by atoms with van der Waals surface area (Å²) >= 11 is 1.58. The van der Waals surface area contributed by atoms with Crippen LogP contribution in [0, 0.1) is 0 Å². The van der Waals surface area contributed by atoms with Crippen LogP contribution < -0.4 is 0 Å². The number of amides is 1. The Labute approximate surface area is 128 Å².